The molecule has 1 aliphatic heterocycles. The first-order chi connectivity index (χ1) is 15.0. The van der Waals surface area contributed by atoms with Gasteiger partial charge in [0.25, 0.3) is 0 Å². The number of nitrogens with one attached hydrogen (secondary N) is 2. The Bertz CT molecular complexity index is 1280. The number of fused-ring (bicyclic) bond motifs is 3. The van der Waals surface area contributed by atoms with Crippen molar-refractivity contribution >= 4 is 50.2 Å². The zero-order valence-corrected chi connectivity index (χ0v) is 19.3. The molecule has 31 heavy (non-hydrogen) atoms. The third-order valence-corrected chi connectivity index (χ3v) is 6.55. The Labute approximate surface area is 194 Å². The molecule has 3 aromatic carbocycles. The van der Waals surface area contributed by atoms with E-state index in [2.05, 4.69) is 57.4 Å². The fraction of sp³-hybridized carbons (Fsp3) is 0.160. The number of amides is 2. The van der Waals surface area contributed by atoms with Crippen LogP contribution in [0.25, 0.3) is 10.9 Å². The molecule has 2 N–H and O–H groups in total. The molecule has 1 atom stereocenters. The van der Waals surface area contributed by atoms with Gasteiger partial charge in [0, 0.05) is 38.3 Å². The molecule has 0 bridgehead atoms. The first kappa shape index (κ1) is 20.2. The fourth-order valence-electron chi connectivity index (χ4n) is 4.34. The predicted molar refractivity (Wildman–Crippen MR) is 130 cm³/mol. The third-order valence-electron chi connectivity index (χ3n) is 5.82. The Kier molecular flexibility index (Phi) is 5.24. The van der Waals surface area contributed by atoms with Crippen LogP contribution < -0.4 is 5.32 Å². The number of hydrogen-bond acceptors (Lipinski definition) is 1. The summed E-state index contributed by atoms with van der Waals surface area (Å²) in [6.45, 7) is 2.68. The molecule has 2 amide bonds. The van der Waals surface area contributed by atoms with Crippen LogP contribution >= 0.6 is 27.5 Å². The van der Waals surface area contributed by atoms with Crippen LogP contribution in [0.4, 0.5) is 10.5 Å². The minimum Gasteiger partial charge on any atom is -0.356 e. The second-order valence-electron chi connectivity index (χ2n) is 7.90. The highest BCUT2D eigenvalue weighted by Gasteiger charge is 2.34. The number of urea groups is 1. The summed E-state index contributed by atoms with van der Waals surface area (Å²) in [5.41, 5.74) is 6.35. The summed E-state index contributed by atoms with van der Waals surface area (Å²) in [5, 5.41) is 4.91. The van der Waals surface area contributed by atoms with Crippen molar-refractivity contribution in [2.75, 3.05) is 11.9 Å². The van der Waals surface area contributed by atoms with Crippen LogP contribution in [0.15, 0.2) is 71.2 Å². The number of carbonyl (C=O) groups is 1. The Morgan fingerprint density at radius 1 is 1.13 bits per heavy atom. The fourth-order valence-corrected chi connectivity index (χ4v) is 4.91. The van der Waals surface area contributed by atoms with Crippen LogP contribution in [-0.2, 0) is 6.42 Å². The third kappa shape index (κ3) is 3.84. The van der Waals surface area contributed by atoms with Gasteiger partial charge in [-0.15, -0.1) is 0 Å². The van der Waals surface area contributed by atoms with Crippen LogP contribution in [-0.4, -0.2) is 22.5 Å². The summed E-state index contributed by atoms with van der Waals surface area (Å²) in [5.74, 6) is 0. The number of aryl methyl sites for hydroxylation is 1. The molecule has 0 spiro atoms. The van der Waals surface area contributed by atoms with Crippen molar-refractivity contribution in [3.63, 3.8) is 0 Å². The smallest absolute Gasteiger partial charge is 0.322 e. The Morgan fingerprint density at radius 3 is 2.71 bits per heavy atom. The largest absolute Gasteiger partial charge is 0.356 e. The molecule has 1 aromatic heterocycles. The second kappa shape index (κ2) is 8.06. The van der Waals surface area contributed by atoms with Gasteiger partial charge in [-0.3, -0.25) is 0 Å². The summed E-state index contributed by atoms with van der Waals surface area (Å²) >= 11 is 9.75. The van der Waals surface area contributed by atoms with Gasteiger partial charge >= 0.3 is 6.03 Å². The maximum Gasteiger partial charge on any atom is 0.322 e. The minimum atomic E-state index is -0.206. The molecule has 1 aliphatic rings. The molecule has 4 nitrogen and oxygen atoms in total. The van der Waals surface area contributed by atoms with E-state index in [-0.39, 0.29) is 12.1 Å². The van der Waals surface area contributed by atoms with E-state index >= 15 is 0 Å². The average molecular weight is 495 g/mol. The van der Waals surface area contributed by atoms with Gasteiger partial charge in [-0.05, 0) is 60.9 Å². The summed E-state index contributed by atoms with van der Waals surface area (Å²) in [7, 11) is 0. The predicted octanol–water partition coefficient (Wildman–Crippen LogP) is 7.07. The highest BCUT2D eigenvalue weighted by molar-refractivity contribution is 9.10. The van der Waals surface area contributed by atoms with Crippen molar-refractivity contribution in [3.05, 3.63) is 98.6 Å². The number of carbonyl (C=O) groups excluding carboxylic acids is 1. The SMILES string of the molecule is Cc1ccc([C@@H]2c3[nH]c4ccc(Cl)cc4c3CCN2C(=O)Nc2cccc(Br)c2)cc1. The van der Waals surface area contributed by atoms with E-state index in [0.717, 1.165) is 43.8 Å². The van der Waals surface area contributed by atoms with E-state index in [1.165, 1.54) is 11.1 Å². The zero-order valence-electron chi connectivity index (χ0n) is 17.0. The molecule has 0 radical (unpaired) electrons. The maximum atomic E-state index is 13.4. The molecule has 156 valence electrons. The van der Waals surface area contributed by atoms with Gasteiger partial charge in [-0.2, -0.15) is 0 Å². The number of benzene rings is 3. The monoisotopic (exact) mass is 493 g/mol. The summed E-state index contributed by atoms with van der Waals surface area (Å²) in [6.07, 6.45) is 0.768. The highest BCUT2D eigenvalue weighted by Crippen LogP contribution is 2.39. The maximum absolute atomic E-state index is 13.4. The summed E-state index contributed by atoms with van der Waals surface area (Å²) in [6, 6.07) is 21.6. The van der Waals surface area contributed by atoms with Gasteiger partial charge in [-0.1, -0.05) is 63.4 Å². The number of halogens is 2. The minimum absolute atomic E-state index is 0.119. The average Bonchev–Trinajstić information content (AvgIpc) is 3.11. The molecule has 2 heterocycles. The summed E-state index contributed by atoms with van der Waals surface area (Å²) < 4.78 is 0.925. The molecular formula is C25H21BrClN3O. The van der Waals surface area contributed by atoms with E-state index in [1.807, 2.05) is 47.4 Å². The standard InChI is InChI=1S/C25H21BrClN3O/c1-15-5-7-16(8-6-15)24-23-20(21-14-18(27)9-10-22(21)29-23)11-12-30(24)25(31)28-19-4-2-3-17(26)13-19/h2-10,13-14,24,29H,11-12H2,1H3,(H,28,31)/t24-/m1/s1. The number of aromatic nitrogens is 1. The quantitative estimate of drug-likeness (QED) is 0.307. The van der Waals surface area contributed by atoms with Crippen LogP contribution in [0.2, 0.25) is 5.02 Å². The lowest BCUT2D eigenvalue weighted by Crippen LogP contribution is -2.43. The lowest BCUT2D eigenvalue weighted by Gasteiger charge is -2.36. The Morgan fingerprint density at radius 2 is 1.94 bits per heavy atom. The molecule has 6 heteroatoms. The highest BCUT2D eigenvalue weighted by atomic mass is 79.9. The molecule has 0 unspecified atom stereocenters. The van der Waals surface area contributed by atoms with Gasteiger partial charge in [0.2, 0.25) is 0 Å². The van der Waals surface area contributed by atoms with E-state index in [4.69, 9.17) is 11.6 Å². The zero-order chi connectivity index (χ0) is 21.5. The molecule has 5 rings (SSSR count). The lowest BCUT2D eigenvalue weighted by molar-refractivity contribution is 0.193. The Balaban J connectivity index is 1.59. The van der Waals surface area contributed by atoms with E-state index in [0.29, 0.717) is 6.54 Å². The van der Waals surface area contributed by atoms with Gasteiger partial charge < -0.3 is 15.2 Å². The van der Waals surface area contributed by atoms with Crippen LogP contribution in [0.1, 0.15) is 28.4 Å². The van der Waals surface area contributed by atoms with Crippen molar-refractivity contribution in [2.45, 2.75) is 19.4 Å². The molecular weight excluding hydrogens is 474 g/mol. The second-order valence-corrected chi connectivity index (χ2v) is 9.26. The van der Waals surface area contributed by atoms with Crippen molar-refractivity contribution in [2.24, 2.45) is 0 Å². The number of hydrogen-bond donors (Lipinski definition) is 2. The van der Waals surface area contributed by atoms with Crippen molar-refractivity contribution in [1.82, 2.24) is 9.88 Å². The van der Waals surface area contributed by atoms with Crippen molar-refractivity contribution in [3.8, 4) is 0 Å². The topological polar surface area (TPSA) is 48.1 Å². The first-order valence-electron chi connectivity index (χ1n) is 10.2. The van der Waals surface area contributed by atoms with Crippen molar-refractivity contribution < 1.29 is 4.79 Å². The molecule has 0 saturated heterocycles. The summed E-state index contributed by atoms with van der Waals surface area (Å²) in [4.78, 5) is 18.9. The number of aromatic amines is 1. The number of nitrogens with zero attached hydrogens (tertiary/aromatic N) is 1. The number of H-pyrrole nitrogens is 1. The molecule has 0 aliphatic carbocycles. The molecule has 4 aromatic rings. The van der Waals surface area contributed by atoms with E-state index < -0.39 is 0 Å². The lowest BCUT2D eigenvalue weighted by atomic mass is 9.92. The van der Waals surface area contributed by atoms with E-state index in [1.54, 1.807) is 0 Å². The van der Waals surface area contributed by atoms with Crippen molar-refractivity contribution in [1.29, 1.82) is 0 Å². The first-order valence-corrected chi connectivity index (χ1v) is 11.4. The normalized spacial score (nSPS) is 15.7. The van der Waals surface area contributed by atoms with Gasteiger partial charge in [0.1, 0.15) is 0 Å². The van der Waals surface area contributed by atoms with Gasteiger partial charge in [0.05, 0.1) is 6.04 Å². The number of rotatable bonds is 2. The van der Waals surface area contributed by atoms with Crippen LogP contribution in [0.3, 0.4) is 0 Å². The van der Waals surface area contributed by atoms with Crippen LogP contribution in [0, 0.1) is 6.92 Å². The molecule has 0 saturated carbocycles. The molecule has 0 fully saturated rings. The van der Waals surface area contributed by atoms with Gasteiger partial charge in [-0.25, -0.2) is 4.79 Å². The van der Waals surface area contributed by atoms with E-state index in [9.17, 15) is 4.79 Å². The van der Waals surface area contributed by atoms with Crippen LogP contribution in [0.5, 0.6) is 0 Å². The number of anilines is 1. The Hall–Kier alpha value is -2.76. The van der Waals surface area contributed by atoms with Gasteiger partial charge in [0.15, 0.2) is 0 Å².